The number of ketones is 1. The number of carboxylic acids is 4. The van der Waals surface area contributed by atoms with E-state index in [-0.39, 0.29) is 77.2 Å². The van der Waals surface area contributed by atoms with E-state index in [2.05, 4.69) is 0 Å². The van der Waals surface area contributed by atoms with Gasteiger partial charge in [0.1, 0.15) is 12.4 Å². The second kappa shape index (κ2) is 22.3. The normalized spacial score (nSPS) is 19.0. The van der Waals surface area contributed by atoms with E-state index in [9.17, 15) is 63.4 Å². The maximum absolute atomic E-state index is 12.6. The number of Topliss-reactive ketones (excluding diaryl/α,β-unsaturated/α-hetero) is 1. The van der Waals surface area contributed by atoms with Crippen LogP contribution >= 0.6 is 7.82 Å². The molecule has 3 atom stereocenters. The summed E-state index contributed by atoms with van der Waals surface area (Å²) in [5.41, 5.74) is -1.19. The van der Waals surface area contributed by atoms with E-state index in [1.54, 1.807) is 4.90 Å². The Morgan fingerprint density at radius 3 is 1.90 bits per heavy atom. The van der Waals surface area contributed by atoms with Crippen LogP contribution in [0.5, 0.6) is 0 Å². The predicted molar refractivity (Wildman–Crippen MR) is 169 cm³/mol. The molecule has 1 rings (SSSR count). The van der Waals surface area contributed by atoms with Crippen molar-refractivity contribution in [3.63, 3.8) is 0 Å². The van der Waals surface area contributed by atoms with Crippen molar-refractivity contribution in [2.24, 2.45) is 0 Å². The summed E-state index contributed by atoms with van der Waals surface area (Å²) >= 11 is 0. The van der Waals surface area contributed by atoms with Gasteiger partial charge in [-0.15, -0.1) is 0 Å². The number of carbonyl (C=O) groups is 7. The van der Waals surface area contributed by atoms with E-state index in [1.807, 2.05) is 0 Å². The molecule has 1 aliphatic heterocycles. The number of carboxylic acid groups (broad SMARTS) is 4. The van der Waals surface area contributed by atoms with Gasteiger partial charge in [0.05, 0.1) is 39.4 Å². The highest BCUT2D eigenvalue weighted by molar-refractivity contribution is 7.47. The molecule has 0 radical (unpaired) electrons. The quantitative estimate of drug-likeness (QED) is 0.0464. The molecular formula is C29H48N3O17P. The van der Waals surface area contributed by atoms with E-state index < -0.39 is 88.1 Å². The van der Waals surface area contributed by atoms with E-state index in [1.165, 1.54) is 9.80 Å². The minimum Gasteiger partial charge on any atom is -0.480 e. The van der Waals surface area contributed by atoms with Crippen LogP contribution in [-0.4, -0.2) is 165 Å². The van der Waals surface area contributed by atoms with E-state index in [4.69, 9.17) is 18.5 Å². The predicted octanol–water partition coefficient (Wildman–Crippen LogP) is -0.0886. The molecule has 1 fully saturated rings. The Labute approximate surface area is 288 Å². The van der Waals surface area contributed by atoms with Crippen molar-refractivity contribution < 1.29 is 82.0 Å². The lowest BCUT2D eigenvalue weighted by atomic mass is 9.84. The monoisotopic (exact) mass is 741 g/mol. The minimum atomic E-state index is -4.62. The molecule has 0 aromatic carbocycles. The molecule has 5 N–H and O–H groups in total. The SMILES string of the molecule is CC(=O)OCC(COP(=O)(O)OCCCC(=O)CCCCC1(N(CC(=O)O)CC(=O)O)CCN(CC(=O)O)CCN(CC(=O)O)C1)OC(C)=O. The summed E-state index contributed by atoms with van der Waals surface area (Å²) in [6.45, 7) is -0.721. The molecule has 3 unspecified atom stereocenters. The van der Waals surface area contributed by atoms with Crippen molar-refractivity contribution in [1.29, 1.82) is 0 Å². The third kappa shape index (κ3) is 19.6. The first-order valence-corrected chi connectivity index (χ1v) is 17.3. The van der Waals surface area contributed by atoms with Gasteiger partial charge in [0.15, 0.2) is 6.10 Å². The Kier molecular flexibility index (Phi) is 19.9. The number of ether oxygens (including phenoxy) is 2. The van der Waals surface area contributed by atoms with Crippen molar-refractivity contribution in [2.75, 3.05) is 72.2 Å². The second-order valence-corrected chi connectivity index (χ2v) is 13.3. The van der Waals surface area contributed by atoms with Crippen LogP contribution in [0.4, 0.5) is 0 Å². The summed E-state index contributed by atoms with van der Waals surface area (Å²) in [4.78, 5) is 95.7. The average Bonchev–Trinajstić information content (AvgIpc) is 2.97. The van der Waals surface area contributed by atoms with Crippen LogP contribution in [0.3, 0.4) is 0 Å². The van der Waals surface area contributed by atoms with Gasteiger partial charge < -0.3 is 34.8 Å². The van der Waals surface area contributed by atoms with Crippen LogP contribution in [0.25, 0.3) is 0 Å². The maximum atomic E-state index is 12.6. The first kappa shape index (κ1) is 44.5. The van der Waals surface area contributed by atoms with Crippen LogP contribution in [0.2, 0.25) is 0 Å². The lowest BCUT2D eigenvalue weighted by Gasteiger charge is -2.48. The number of hydrogen-bond acceptors (Lipinski definition) is 15. The van der Waals surface area contributed by atoms with Gasteiger partial charge in [0.25, 0.3) is 0 Å². The molecule has 0 aliphatic carbocycles. The van der Waals surface area contributed by atoms with Gasteiger partial charge in [0.2, 0.25) is 0 Å². The van der Waals surface area contributed by atoms with Gasteiger partial charge >= 0.3 is 43.6 Å². The molecule has 1 saturated heterocycles. The standard InChI is InChI=1S/C29H48N3O17P/c1-21(33)46-18-24(49-22(2)34)19-48-50(44,45)47-13-5-7-23(35)6-3-4-8-29(32(16-27(40)41)17-28(42)43)9-10-30(14-25(36)37)11-12-31(20-29)15-26(38)39/h24H,3-20H2,1-2H3,(H,36,37)(H,38,39)(H,40,41)(H,42,43)(H,44,45). The van der Waals surface area contributed by atoms with Gasteiger partial charge in [-0.3, -0.25) is 57.3 Å². The van der Waals surface area contributed by atoms with Gasteiger partial charge in [-0.25, -0.2) is 4.57 Å². The number of phosphoric acid groups is 1. The van der Waals surface area contributed by atoms with Gasteiger partial charge in [0, 0.05) is 58.4 Å². The largest absolute Gasteiger partial charge is 0.480 e. The molecule has 0 saturated carbocycles. The van der Waals surface area contributed by atoms with Crippen LogP contribution in [0, 0.1) is 0 Å². The Morgan fingerprint density at radius 1 is 0.760 bits per heavy atom. The Balaban J connectivity index is 2.84. The highest BCUT2D eigenvalue weighted by Gasteiger charge is 2.41. The lowest BCUT2D eigenvalue weighted by molar-refractivity contribution is -0.158. The zero-order valence-corrected chi connectivity index (χ0v) is 29.1. The second-order valence-electron chi connectivity index (χ2n) is 11.9. The number of carbonyl (C=O) groups excluding carboxylic acids is 3. The van der Waals surface area contributed by atoms with E-state index >= 15 is 0 Å². The fraction of sp³-hybridized carbons (Fsp3) is 0.759. The maximum Gasteiger partial charge on any atom is 0.472 e. The van der Waals surface area contributed by atoms with Crippen molar-refractivity contribution in [3.8, 4) is 0 Å². The van der Waals surface area contributed by atoms with Gasteiger partial charge in [-0.1, -0.05) is 6.42 Å². The van der Waals surface area contributed by atoms with Crippen molar-refractivity contribution in [3.05, 3.63) is 0 Å². The van der Waals surface area contributed by atoms with Crippen molar-refractivity contribution in [1.82, 2.24) is 14.7 Å². The van der Waals surface area contributed by atoms with Crippen molar-refractivity contribution in [2.45, 2.75) is 70.4 Å². The van der Waals surface area contributed by atoms with Crippen LogP contribution in [0.1, 0.15) is 58.8 Å². The van der Waals surface area contributed by atoms with Gasteiger partial charge in [-0.05, 0) is 25.7 Å². The Morgan fingerprint density at radius 2 is 1.34 bits per heavy atom. The number of nitrogens with zero attached hydrogens (tertiary/aromatic N) is 3. The number of unbranched alkanes of at least 4 members (excludes halogenated alkanes) is 1. The van der Waals surface area contributed by atoms with Gasteiger partial charge in [-0.2, -0.15) is 0 Å². The smallest absolute Gasteiger partial charge is 0.472 e. The number of hydrogen-bond donors (Lipinski definition) is 5. The molecule has 0 aromatic heterocycles. The van der Waals surface area contributed by atoms with Crippen LogP contribution < -0.4 is 0 Å². The molecule has 1 aliphatic rings. The number of aliphatic carboxylic acids is 4. The molecule has 0 spiro atoms. The fourth-order valence-electron chi connectivity index (χ4n) is 5.48. The molecule has 1 heterocycles. The van der Waals surface area contributed by atoms with E-state index in [0.717, 1.165) is 13.8 Å². The summed E-state index contributed by atoms with van der Waals surface area (Å²) in [5.74, 6) is -6.52. The summed E-state index contributed by atoms with van der Waals surface area (Å²) in [5, 5.41) is 38.1. The number of phosphoric ester groups is 1. The molecule has 286 valence electrons. The summed E-state index contributed by atoms with van der Waals surface area (Å²) < 4.78 is 31.5. The molecule has 50 heavy (non-hydrogen) atoms. The third-order valence-corrected chi connectivity index (χ3v) is 8.60. The van der Waals surface area contributed by atoms with Crippen molar-refractivity contribution >= 4 is 49.4 Å². The topological polar surface area (TPSA) is 284 Å². The minimum absolute atomic E-state index is 0.000714. The third-order valence-electron chi connectivity index (χ3n) is 7.62. The number of esters is 2. The Hall–Kier alpha value is -3.52. The van der Waals surface area contributed by atoms with Crippen LogP contribution in [0.15, 0.2) is 0 Å². The molecular weight excluding hydrogens is 693 g/mol. The Bertz CT molecular complexity index is 1220. The highest BCUT2D eigenvalue weighted by Crippen LogP contribution is 2.43. The molecule has 0 amide bonds. The zero-order chi connectivity index (χ0) is 37.9. The first-order chi connectivity index (χ1) is 23.3. The molecule has 0 aromatic rings. The first-order valence-electron chi connectivity index (χ1n) is 15.8. The summed E-state index contributed by atoms with van der Waals surface area (Å²) in [6.07, 6.45) is -0.156. The average molecular weight is 742 g/mol. The zero-order valence-electron chi connectivity index (χ0n) is 28.2. The fourth-order valence-corrected chi connectivity index (χ4v) is 6.26. The molecule has 20 nitrogen and oxygen atoms in total. The number of rotatable bonds is 25. The molecule has 21 heteroatoms. The van der Waals surface area contributed by atoms with E-state index in [0.29, 0.717) is 12.8 Å². The molecule has 0 bridgehead atoms. The summed E-state index contributed by atoms with van der Waals surface area (Å²) in [7, 11) is -4.62. The van der Waals surface area contributed by atoms with Crippen LogP contribution in [-0.2, 0) is 56.6 Å². The highest BCUT2D eigenvalue weighted by atomic mass is 31.2. The lowest BCUT2D eigenvalue weighted by Crippen LogP contribution is -2.62. The summed E-state index contributed by atoms with van der Waals surface area (Å²) in [6, 6.07) is 0.